The Hall–Kier alpha value is -2.47. The number of hydrogen-bond donors (Lipinski definition) is 0. The van der Waals surface area contributed by atoms with Gasteiger partial charge in [-0.05, 0) is 30.9 Å². The quantitative estimate of drug-likeness (QED) is 0.549. The molecule has 0 saturated carbocycles. The molecule has 8 nitrogen and oxygen atoms in total. The highest BCUT2D eigenvalue weighted by atomic mass is 32.2. The molecule has 3 rings (SSSR count). The van der Waals surface area contributed by atoms with Gasteiger partial charge in [-0.3, -0.25) is 10.1 Å². The lowest BCUT2D eigenvalue weighted by molar-refractivity contribution is -0.388. The molecule has 1 aliphatic heterocycles. The standard InChI is InChI=1S/C16H17F3N4O4S/c17-16(18,19)14-8-13(3-4-15(14)23(24)25)28(26,27)22-6-1-2-12(10-22)9-21-7-5-20-11-21/h3-5,7-8,11-12H,1-2,6,9-10H2. The first kappa shape index (κ1) is 20.3. The molecule has 1 aliphatic rings. The van der Waals surface area contributed by atoms with Crippen molar-refractivity contribution in [1.82, 2.24) is 13.9 Å². The number of nitro groups is 1. The van der Waals surface area contributed by atoms with Crippen LogP contribution in [0.4, 0.5) is 18.9 Å². The van der Waals surface area contributed by atoms with Crippen LogP contribution in [0.1, 0.15) is 18.4 Å². The molecule has 2 heterocycles. The Kier molecular flexibility index (Phi) is 5.44. The number of rotatable bonds is 5. The van der Waals surface area contributed by atoms with E-state index in [2.05, 4.69) is 4.98 Å². The zero-order valence-electron chi connectivity index (χ0n) is 14.5. The zero-order valence-corrected chi connectivity index (χ0v) is 15.4. The van der Waals surface area contributed by atoms with Crippen LogP contribution in [0.5, 0.6) is 0 Å². The van der Waals surface area contributed by atoms with E-state index in [4.69, 9.17) is 0 Å². The Balaban J connectivity index is 1.88. The van der Waals surface area contributed by atoms with Crippen LogP contribution in [-0.2, 0) is 22.7 Å². The van der Waals surface area contributed by atoms with Crippen LogP contribution in [-0.4, -0.2) is 40.3 Å². The molecule has 1 aromatic heterocycles. The molecule has 2 aromatic rings. The zero-order chi connectivity index (χ0) is 20.5. The van der Waals surface area contributed by atoms with Gasteiger partial charge in [-0.25, -0.2) is 13.4 Å². The summed E-state index contributed by atoms with van der Waals surface area (Å²) in [5.41, 5.74) is -2.76. The van der Waals surface area contributed by atoms with Crippen molar-refractivity contribution in [2.45, 2.75) is 30.5 Å². The molecule has 0 aliphatic carbocycles. The molecular weight excluding hydrogens is 401 g/mol. The summed E-state index contributed by atoms with van der Waals surface area (Å²) in [5.74, 6) is -0.0159. The van der Waals surface area contributed by atoms with Gasteiger partial charge in [-0.1, -0.05) is 0 Å². The average molecular weight is 418 g/mol. The van der Waals surface area contributed by atoms with Crippen LogP contribution >= 0.6 is 0 Å². The first-order valence-electron chi connectivity index (χ1n) is 8.40. The molecule has 0 spiro atoms. The van der Waals surface area contributed by atoms with Crippen LogP contribution in [0.15, 0.2) is 41.8 Å². The second-order valence-corrected chi connectivity index (χ2v) is 8.50. The van der Waals surface area contributed by atoms with Crippen LogP contribution in [0.3, 0.4) is 0 Å². The number of alkyl halides is 3. The fourth-order valence-electron chi connectivity index (χ4n) is 3.30. The minimum Gasteiger partial charge on any atom is -0.337 e. The Morgan fingerprint density at radius 2 is 2.07 bits per heavy atom. The van der Waals surface area contributed by atoms with Crippen molar-refractivity contribution < 1.29 is 26.5 Å². The molecule has 28 heavy (non-hydrogen) atoms. The summed E-state index contributed by atoms with van der Waals surface area (Å²) in [5, 5.41) is 10.9. The summed E-state index contributed by atoms with van der Waals surface area (Å²) in [7, 11) is -4.21. The smallest absolute Gasteiger partial charge is 0.337 e. The van der Waals surface area contributed by atoms with E-state index in [-0.39, 0.29) is 19.0 Å². The predicted molar refractivity (Wildman–Crippen MR) is 91.8 cm³/mol. The van der Waals surface area contributed by atoms with Crippen LogP contribution in [0.2, 0.25) is 0 Å². The highest BCUT2D eigenvalue weighted by molar-refractivity contribution is 7.89. The maximum Gasteiger partial charge on any atom is 0.423 e. The van der Waals surface area contributed by atoms with Crippen molar-refractivity contribution in [1.29, 1.82) is 0 Å². The van der Waals surface area contributed by atoms with Gasteiger partial charge in [0, 0.05) is 38.1 Å². The van der Waals surface area contributed by atoms with Gasteiger partial charge < -0.3 is 4.57 Å². The van der Waals surface area contributed by atoms with Crippen molar-refractivity contribution in [3.05, 3.63) is 52.6 Å². The van der Waals surface area contributed by atoms with Gasteiger partial charge in [-0.15, -0.1) is 0 Å². The number of sulfonamides is 1. The minimum absolute atomic E-state index is 0.0159. The van der Waals surface area contributed by atoms with Gasteiger partial charge in [0.05, 0.1) is 16.1 Å². The van der Waals surface area contributed by atoms with Crippen LogP contribution < -0.4 is 0 Å². The normalized spacial score (nSPS) is 18.9. The third-order valence-electron chi connectivity index (χ3n) is 4.62. The van der Waals surface area contributed by atoms with Crippen LogP contribution in [0.25, 0.3) is 0 Å². The van der Waals surface area contributed by atoms with Gasteiger partial charge >= 0.3 is 6.18 Å². The van der Waals surface area contributed by atoms with E-state index in [1.165, 1.54) is 0 Å². The van der Waals surface area contributed by atoms with E-state index in [9.17, 15) is 31.7 Å². The summed E-state index contributed by atoms with van der Waals surface area (Å²) < 4.78 is 68.2. The fraction of sp³-hybridized carbons (Fsp3) is 0.438. The number of aromatic nitrogens is 2. The Morgan fingerprint density at radius 3 is 2.68 bits per heavy atom. The third-order valence-corrected chi connectivity index (χ3v) is 6.48. The Morgan fingerprint density at radius 1 is 1.32 bits per heavy atom. The average Bonchev–Trinajstić information content (AvgIpc) is 3.13. The van der Waals surface area contributed by atoms with E-state index in [0.29, 0.717) is 25.1 Å². The first-order valence-corrected chi connectivity index (χ1v) is 9.84. The molecule has 1 unspecified atom stereocenters. The van der Waals surface area contributed by atoms with Gasteiger partial charge in [0.2, 0.25) is 10.0 Å². The number of imidazole rings is 1. The summed E-state index contributed by atoms with van der Waals surface area (Å²) in [4.78, 5) is 13.0. The number of nitrogens with zero attached hydrogens (tertiary/aromatic N) is 4. The van der Waals surface area contributed by atoms with Crippen molar-refractivity contribution in [3.63, 3.8) is 0 Å². The SMILES string of the molecule is O=[N+]([O-])c1ccc(S(=O)(=O)N2CCCC(Cn3ccnc3)C2)cc1C(F)(F)F. The molecule has 0 amide bonds. The topological polar surface area (TPSA) is 98.3 Å². The highest BCUT2D eigenvalue weighted by Crippen LogP contribution is 2.38. The lowest BCUT2D eigenvalue weighted by atomic mass is 10.00. The Labute approximate surface area is 158 Å². The highest BCUT2D eigenvalue weighted by Gasteiger charge is 2.40. The van der Waals surface area contributed by atoms with E-state index >= 15 is 0 Å². The molecule has 1 aromatic carbocycles. The lowest BCUT2D eigenvalue weighted by Gasteiger charge is -2.32. The fourth-order valence-corrected chi connectivity index (χ4v) is 4.88. The molecule has 1 atom stereocenters. The molecule has 0 N–H and O–H groups in total. The van der Waals surface area contributed by atoms with Gasteiger partial charge in [0.15, 0.2) is 0 Å². The van der Waals surface area contributed by atoms with Crippen molar-refractivity contribution in [2.24, 2.45) is 5.92 Å². The van der Waals surface area contributed by atoms with Crippen molar-refractivity contribution >= 4 is 15.7 Å². The van der Waals surface area contributed by atoms with Gasteiger partial charge in [0.1, 0.15) is 5.56 Å². The van der Waals surface area contributed by atoms with Gasteiger partial charge in [-0.2, -0.15) is 17.5 Å². The monoisotopic (exact) mass is 418 g/mol. The Bertz CT molecular complexity index is 961. The number of nitro benzene ring substituents is 1. The van der Waals surface area contributed by atoms with E-state index < -0.39 is 37.3 Å². The number of hydrogen-bond acceptors (Lipinski definition) is 5. The van der Waals surface area contributed by atoms with Crippen LogP contribution in [0, 0.1) is 16.0 Å². The van der Waals surface area contributed by atoms with Crippen molar-refractivity contribution in [3.8, 4) is 0 Å². The molecule has 1 fully saturated rings. The van der Waals surface area contributed by atoms with E-state index in [0.717, 1.165) is 16.8 Å². The number of halogens is 3. The third kappa shape index (κ3) is 4.17. The summed E-state index contributed by atoms with van der Waals surface area (Å²) in [6.07, 6.45) is 1.27. The second-order valence-electron chi connectivity index (χ2n) is 6.56. The molecule has 0 radical (unpaired) electrons. The minimum atomic E-state index is -5.04. The summed E-state index contributed by atoms with van der Waals surface area (Å²) >= 11 is 0. The number of benzene rings is 1. The first-order chi connectivity index (χ1) is 13.1. The van der Waals surface area contributed by atoms with E-state index in [1.807, 2.05) is 4.57 Å². The second kappa shape index (κ2) is 7.51. The molecular formula is C16H17F3N4O4S. The summed E-state index contributed by atoms with van der Waals surface area (Å²) in [6, 6.07) is 1.78. The molecule has 152 valence electrons. The molecule has 1 saturated heterocycles. The predicted octanol–water partition coefficient (Wildman–Crippen LogP) is 2.91. The van der Waals surface area contributed by atoms with Crippen molar-refractivity contribution in [2.75, 3.05) is 13.1 Å². The molecule has 12 heteroatoms. The lowest BCUT2D eigenvalue weighted by Crippen LogP contribution is -2.41. The number of piperidine rings is 1. The largest absolute Gasteiger partial charge is 0.423 e. The molecule has 0 bridgehead atoms. The van der Waals surface area contributed by atoms with Gasteiger partial charge in [0.25, 0.3) is 5.69 Å². The maximum atomic E-state index is 13.2. The van der Waals surface area contributed by atoms with E-state index in [1.54, 1.807) is 18.7 Å². The maximum absolute atomic E-state index is 13.2. The summed E-state index contributed by atoms with van der Waals surface area (Å²) in [6.45, 7) is 0.875.